The molecule has 0 saturated carbocycles. The molecule has 0 aliphatic heterocycles. The van der Waals surface area contributed by atoms with Crippen LogP contribution in [0.4, 0.5) is 32.0 Å². The number of nitrogens with one attached hydrogen (secondary N) is 2. The summed E-state index contributed by atoms with van der Waals surface area (Å²) in [6.45, 7) is -0.567. The fourth-order valence-corrected chi connectivity index (χ4v) is 3.31. The van der Waals surface area contributed by atoms with E-state index in [1.165, 1.54) is 0 Å². The molecule has 2 aromatic rings. The van der Waals surface area contributed by atoms with Crippen molar-refractivity contribution in [3.05, 3.63) is 62.1 Å². The first kappa shape index (κ1) is 26.4. The van der Waals surface area contributed by atoms with E-state index in [-0.39, 0.29) is 26.3 Å². The van der Waals surface area contributed by atoms with Crippen molar-refractivity contribution in [2.45, 2.75) is 31.4 Å². The van der Waals surface area contributed by atoms with Crippen LogP contribution in [0, 0.1) is 0 Å². The molecule has 0 radical (unpaired) electrons. The number of anilines is 1. The lowest BCUT2D eigenvalue weighted by Crippen LogP contribution is -2.47. The molecule has 32 heavy (non-hydrogen) atoms. The number of aliphatic hydroxyl groups is 1. The first-order valence-corrected chi connectivity index (χ1v) is 9.82. The molecular weight excluding hydrogens is 509 g/mol. The zero-order chi connectivity index (χ0) is 24.5. The molecule has 0 fully saturated rings. The van der Waals surface area contributed by atoms with E-state index < -0.39 is 48.1 Å². The van der Waals surface area contributed by atoms with Crippen LogP contribution in [0.15, 0.2) is 30.3 Å². The van der Waals surface area contributed by atoms with Crippen molar-refractivity contribution in [1.82, 2.24) is 5.32 Å². The zero-order valence-corrected chi connectivity index (χ0v) is 18.3. The largest absolute Gasteiger partial charge is 0.423 e. The second-order valence-electron chi connectivity index (χ2n) is 6.74. The molecular formula is C19H15Cl3F6N2O2. The summed E-state index contributed by atoms with van der Waals surface area (Å²) in [7, 11) is 0. The Morgan fingerprint density at radius 1 is 1.00 bits per heavy atom. The van der Waals surface area contributed by atoms with Gasteiger partial charge in [-0.1, -0.05) is 40.9 Å². The fourth-order valence-electron chi connectivity index (χ4n) is 2.71. The van der Waals surface area contributed by atoms with Crippen LogP contribution in [0.2, 0.25) is 15.1 Å². The third-order valence-electron chi connectivity index (χ3n) is 4.42. The Kier molecular flexibility index (Phi) is 7.87. The highest BCUT2D eigenvalue weighted by Gasteiger charge is 2.55. The average Bonchev–Trinajstić information content (AvgIpc) is 2.66. The predicted molar refractivity (Wildman–Crippen MR) is 109 cm³/mol. The number of hydrogen-bond donors (Lipinski definition) is 3. The molecule has 2 rings (SSSR count). The third-order valence-corrected chi connectivity index (χ3v) is 5.62. The molecule has 13 heteroatoms. The van der Waals surface area contributed by atoms with Gasteiger partial charge in [-0.15, -0.1) is 0 Å². The smallest absolute Gasteiger partial charge is 0.381 e. The Bertz CT molecular complexity index is 991. The summed E-state index contributed by atoms with van der Waals surface area (Å²) in [6, 6.07) is 4.20. The third kappa shape index (κ3) is 5.92. The molecule has 0 unspecified atom stereocenters. The maximum absolute atomic E-state index is 13.7. The minimum atomic E-state index is -5.25. The Balaban J connectivity index is 2.41. The summed E-state index contributed by atoms with van der Waals surface area (Å²) in [6.07, 6.45) is -10.1. The first-order chi connectivity index (χ1) is 14.6. The molecule has 0 saturated heterocycles. The summed E-state index contributed by atoms with van der Waals surface area (Å²) >= 11 is 17.3. The number of amides is 1. The number of halogens is 9. The molecule has 0 aromatic heterocycles. The average molecular weight is 524 g/mol. The lowest BCUT2D eigenvalue weighted by Gasteiger charge is -2.32. The summed E-state index contributed by atoms with van der Waals surface area (Å²) in [5.41, 5.74) is -6.11. The lowest BCUT2D eigenvalue weighted by molar-refractivity contribution is -0.260. The Hall–Kier alpha value is -1.88. The Morgan fingerprint density at radius 3 is 2.03 bits per heavy atom. The fraction of sp³-hybridized carbons (Fsp3) is 0.316. The van der Waals surface area contributed by atoms with Gasteiger partial charge < -0.3 is 15.7 Å². The van der Waals surface area contributed by atoms with E-state index >= 15 is 0 Å². The molecule has 2 aromatic carbocycles. The van der Waals surface area contributed by atoms with Crippen molar-refractivity contribution in [1.29, 1.82) is 0 Å². The highest BCUT2D eigenvalue weighted by molar-refractivity contribution is 6.48. The van der Waals surface area contributed by atoms with Gasteiger partial charge in [-0.25, -0.2) is 0 Å². The van der Waals surface area contributed by atoms with Gasteiger partial charge in [-0.3, -0.25) is 4.79 Å². The zero-order valence-electron chi connectivity index (χ0n) is 16.1. The van der Waals surface area contributed by atoms with Gasteiger partial charge in [0.05, 0.1) is 27.2 Å². The summed E-state index contributed by atoms with van der Waals surface area (Å²) in [5.74, 6) is -0.559. The quantitative estimate of drug-likeness (QED) is 0.314. The van der Waals surface area contributed by atoms with Crippen LogP contribution in [0.3, 0.4) is 0 Å². The van der Waals surface area contributed by atoms with Crippen molar-refractivity contribution in [2.24, 2.45) is 0 Å². The van der Waals surface area contributed by atoms with Crippen LogP contribution in [-0.2, 0) is 23.1 Å². The van der Waals surface area contributed by atoms with Crippen molar-refractivity contribution in [3.8, 4) is 0 Å². The lowest BCUT2D eigenvalue weighted by atomic mass is 9.92. The Labute approximate surface area is 193 Å². The minimum Gasteiger partial charge on any atom is -0.381 e. The first-order valence-electron chi connectivity index (χ1n) is 8.69. The summed E-state index contributed by atoms with van der Waals surface area (Å²) in [5, 5.41) is 13.9. The van der Waals surface area contributed by atoms with E-state index in [9.17, 15) is 36.2 Å². The molecule has 1 atom stereocenters. The molecule has 4 nitrogen and oxygen atoms in total. The normalized spacial score (nSPS) is 14.1. The summed E-state index contributed by atoms with van der Waals surface area (Å²) in [4.78, 5) is 11.0. The molecule has 176 valence electrons. The maximum atomic E-state index is 13.7. The predicted octanol–water partition coefficient (Wildman–Crippen LogP) is 6.16. The Morgan fingerprint density at radius 2 is 1.56 bits per heavy atom. The SMILES string of the molecule is CC(=O)NCc1ccc(NC[C@](O)(c2cc(Cl)c(Cl)c(Cl)c2)C(F)(F)F)cc1C(F)(F)F. The number of carbonyl (C=O) groups excluding carboxylic acids is 1. The van der Waals surface area contributed by atoms with Crippen molar-refractivity contribution >= 4 is 46.4 Å². The minimum absolute atomic E-state index is 0.223. The van der Waals surface area contributed by atoms with Gasteiger partial charge in [0.15, 0.2) is 0 Å². The van der Waals surface area contributed by atoms with Gasteiger partial charge >= 0.3 is 12.4 Å². The van der Waals surface area contributed by atoms with Gasteiger partial charge in [0.2, 0.25) is 11.5 Å². The highest BCUT2D eigenvalue weighted by atomic mass is 35.5. The molecule has 1 amide bonds. The molecule has 0 bridgehead atoms. The van der Waals surface area contributed by atoms with Gasteiger partial charge in [0.25, 0.3) is 0 Å². The number of carbonyl (C=O) groups is 1. The number of alkyl halides is 6. The number of benzene rings is 2. The maximum Gasteiger partial charge on any atom is 0.423 e. The van der Waals surface area contributed by atoms with Crippen LogP contribution in [0.5, 0.6) is 0 Å². The topological polar surface area (TPSA) is 61.4 Å². The van der Waals surface area contributed by atoms with E-state index in [2.05, 4.69) is 10.6 Å². The van der Waals surface area contributed by atoms with E-state index in [0.29, 0.717) is 6.07 Å². The van der Waals surface area contributed by atoms with Crippen molar-refractivity contribution in [2.75, 3.05) is 11.9 Å². The number of hydrogen-bond acceptors (Lipinski definition) is 3. The molecule has 0 spiro atoms. The van der Waals surface area contributed by atoms with E-state index in [0.717, 1.165) is 31.2 Å². The van der Waals surface area contributed by atoms with Crippen LogP contribution in [-0.4, -0.2) is 23.7 Å². The van der Waals surface area contributed by atoms with Gasteiger partial charge in [-0.05, 0) is 35.4 Å². The van der Waals surface area contributed by atoms with Gasteiger partial charge in [0.1, 0.15) is 0 Å². The molecule has 0 aliphatic carbocycles. The van der Waals surface area contributed by atoms with Crippen LogP contribution < -0.4 is 10.6 Å². The molecule has 0 heterocycles. The summed E-state index contributed by atoms with van der Waals surface area (Å²) < 4.78 is 81.4. The van der Waals surface area contributed by atoms with Crippen LogP contribution >= 0.6 is 34.8 Å². The van der Waals surface area contributed by atoms with Crippen LogP contribution in [0.25, 0.3) is 0 Å². The molecule has 3 N–H and O–H groups in total. The van der Waals surface area contributed by atoms with E-state index in [1.807, 2.05) is 0 Å². The highest BCUT2D eigenvalue weighted by Crippen LogP contribution is 2.43. The standard InChI is InChI=1S/C19H15Cl3F6N2O2/c1-9(31)29-7-10-2-3-12(6-13(10)18(23,24)25)30-8-17(32,19(26,27)28)11-4-14(20)16(22)15(21)5-11/h2-6,30,32H,7-8H2,1H3,(H,29,31)/t17-/m0/s1. The molecule has 0 aliphatic rings. The van der Waals surface area contributed by atoms with Gasteiger partial charge in [0, 0.05) is 19.2 Å². The number of rotatable bonds is 6. The van der Waals surface area contributed by atoms with E-state index in [1.54, 1.807) is 0 Å². The van der Waals surface area contributed by atoms with E-state index in [4.69, 9.17) is 34.8 Å². The second kappa shape index (κ2) is 9.54. The monoisotopic (exact) mass is 522 g/mol. The van der Waals surface area contributed by atoms with Crippen molar-refractivity contribution < 1.29 is 36.2 Å². The van der Waals surface area contributed by atoms with Gasteiger partial charge in [-0.2, -0.15) is 26.3 Å². The van der Waals surface area contributed by atoms with Crippen molar-refractivity contribution in [3.63, 3.8) is 0 Å². The second-order valence-corrected chi connectivity index (χ2v) is 7.94. The van der Waals surface area contributed by atoms with Crippen LogP contribution in [0.1, 0.15) is 23.6 Å².